The number of hydrogen-bond donors (Lipinski definition) is 1. The maximum atomic E-state index is 12.4. The summed E-state index contributed by atoms with van der Waals surface area (Å²) >= 11 is 1.46. The van der Waals surface area contributed by atoms with Crippen LogP contribution in [0.15, 0.2) is 42.5 Å². The number of benzene rings is 2. The molecule has 0 unspecified atom stereocenters. The van der Waals surface area contributed by atoms with E-state index in [1.165, 1.54) is 21.8 Å². The predicted octanol–water partition coefficient (Wildman–Crippen LogP) is 4.65. The van der Waals surface area contributed by atoms with Crippen molar-refractivity contribution in [3.63, 3.8) is 0 Å². The molecule has 0 fully saturated rings. The van der Waals surface area contributed by atoms with Crippen molar-refractivity contribution in [2.45, 2.75) is 39.0 Å². The highest BCUT2D eigenvalue weighted by Crippen LogP contribution is 2.28. The second kappa shape index (κ2) is 8.75. The quantitative estimate of drug-likeness (QED) is 0.537. The molecule has 2 aromatic carbocycles. The van der Waals surface area contributed by atoms with E-state index in [2.05, 4.69) is 29.4 Å². The Bertz CT molecular complexity index is 1090. The van der Waals surface area contributed by atoms with Crippen molar-refractivity contribution in [2.75, 3.05) is 11.9 Å². The number of amides is 3. The van der Waals surface area contributed by atoms with Gasteiger partial charge in [0, 0.05) is 13.0 Å². The number of hydrogen-bond acceptors (Lipinski definition) is 5. The first-order valence-corrected chi connectivity index (χ1v) is 11.0. The van der Waals surface area contributed by atoms with Gasteiger partial charge in [0.25, 0.3) is 11.8 Å². The lowest BCUT2D eigenvalue weighted by Crippen LogP contribution is -2.31. The predicted molar refractivity (Wildman–Crippen MR) is 118 cm³/mol. The van der Waals surface area contributed by atoms with Crippen LogP contribution in [0.4, 0.5) is 5.13 Å². The van der Waals surface area contributed by atoms with E-state index in [1.54, 1.807) is 24.3 Å². The molecule has 0 aliphatic carbocycles. The number of imide groups is 1. The van der Waals surface area contributed by atoms with Crippen molar-refractivity contribution < 1.29 is 14.4 Å². The Morgan fingerprint density at radius 3 is 2.50 bits per heavy atom. The summed E-state index contributed by atoms with van der Waals surface area (Å²) in [5.41, 5.74) is 3.02. The van der Waals surface area contributed by atoms with Gasteiger partial charge in [-0.1, -0.05) is 42.9 Å². The van der Waals surface area contributed by atoms with Crippen molar-refractivity contribution >= 4 is 44.4 Å². The molecule has 30 heavy (non-hydrogen) atoms. The van der Waals surface area contributed by atoms with Crippen molar-refractivity contribution in [3.05, 3.63) is 59.2 Å². The number of carbonyl (C=O) groups excluding carboxylic acids is 3. The van der Waals surface area contributed by atoms with Crippen LogP contribution >= 0.6 is 11.3 Å². The minimum Gasteiger partial charge on any atom is -0.302 e. The van der Waals surface area contributed by atoms with Crippen LogP contribution in [0.1, 0.15) is 58.9 Å². The van der Waals surface area contributed by atoms with Gasteiger partial charge in [-0.2, -0.15) is 0 Å². The smallest absolute Gasteiger partial charge is 0.261 e. The summed E-state index contributed by atoms with van der Waals surface area (Å²) in [6.45, 7) is 2.40. The molecule has 0 saturated heterocycles. The van der Waals surface area contributed by atoms with E-state index in [0.29, 0.717) is 22.7 Å². The zero-order chi connectivity index (χ0) is 21.1. The third-order valence-electron chi connectivity index (χ3n) is 5.18. The number of anilines is 1. The van der Waals surface area contributed by atoms with Gasteiger partial charge < -0.3 is 5.32 Å². The Balaban J connectivity index is 1.31. The van der Waals surface area contributed by atoms with Gasteiger partial charge in [0.2, 0.25) is 5.91 Å². The first kappa shape index (κ1) is 20.2. The molecule has 154 valence electrons. The highest BCUT2D eigenvalue weighted by atomic mass is 32.1. The van der Waals surface area contributed by atoms with Crippen molar-refractivity contribution in [1.82, 2.24) is 9.88 Å². The highest BCUT2D eigenvalue weighted by molar-refractivity contribution is 7.22. The molecule has 7 heteroatoms. The van der Waals surface area contributed by atoms with Crippen LogP contribution in [0.3, 0.4) is 0 Å². The Labute approximate surface area is 178 Å². The molecule has 1 aliphatic rings. The van der Waals surface area contributed by atoms with Crippen LogP contribution in [0.25, 0.3) is 10.2 Å². The molecule has 1 aromatic heterocycles. The lowest BCUT2D eigenvalue weighted by molar-refractivity contribution is -0.116. The average Bonchev–Trinajstić information content (AvgIpc) is 3.25. The summed E-state index contributed by atoms with van der Waals surface area (Å²) in [5.74, 6) is -0.751. The number of rotatable bonds is 8. The Morgan fingerprint density at radius 1 is 1.07 bits per heavy atom. The third-order valence-corrected chi connectivity index (χ3v) is 6.12. The molecular weight excluding hydrogens is 398 g/mol. The van der Waals surface area contributed by atoms with Crippen LogP contribution in [0, 0.1) is 0 Å². The first-order valence-electron chi connectivity index (χ1n) is 10.2. The maximum absolute atomic E-state index is 12.4. The second-order valence-corrected chi connectivity index (χ2v) is 8.41. The summed E-state index contributed by atoms with van der Waals surface area (Å²) in [6, 6.07) is 13.0. The van der Waals surface area contributed by atoms with Gasteiger partial charge in [-0.3, -0.25) is 19.3 Å². The summed E-state index contributed by atoms with van der Waals surface area (Å²) in [5, 5.41) is 3.41. The lowest BCUT2D eigenvalue weighted by Gasteiger charge is -2.13. The number of fused-ring (bicyclic) bond motifs is 2. The second-order valence-electron chi connectivity index (χ2n) is 7.38. The molecule has 1 N–H and O–H groups in total. The van der Waals surface area contributed by atoms with E-state index in [9.17, 15) is 14.4 Å². The van der Waals surface area contributed by atoms with Gasteiger partial charge in [0.1, 0.15) is 0 Å². The van der Waals surface area contributed by atoms with Gasteiger partial charge >= 0.3 is 0 Å². The molecule has 0 bridgehead atoms. The molecule has 1 aliphatic heterocycles. The molecule has 0 atom stereocenters. The number of unbranched alkanes of at least 4 members (excludes halogenated alkanes) is 1. The van der Waals surface area contributed by atoms with Crippen LogP contribution in [-0.2, 0) is 11.2 Å². The van der Waals surface area contributed by atoms with Crippen LogP contribution in [0.5, 0.6) is 0 Å². The average molecular weight is 422 g/mol. The van der Waals surface area contributed by atoms with Gasteiger partial charge in [-0.25, -0.2) is 4.98 Å². The normalized spacial score (nSPS) is 13.2. The van der Waals surface area contributed by atoms with Gasteiger partial charge in [-0.15, -0.1) is 0 Å². The maximum Gasteiger partial charge on any atom is 0.261 e. The largest absolute Gasteiger partial charge is 0.302 e. The van der Waals surface area contributed by atoms with Crippen molar-refractivity contribution in [1.29, 1.82) is 0 Å². The van der Waals surface area contributed by atoms with Gasteiger partial charge in [-0.05, 0) is 49.1 Å². The summed E-state index contributed by atoms with van der Waals surface area (Å²) in [6.07, 6.45) is 3.97. The number of carbonyl (C=O) groups is 3. The molecule has 2 heterocycles. The number of nitrogens with zero attached hydrogens (tertiary/aromatic N) is 2. The topological polar surface area (TPSA) is 79.4 Å². The Morgan fingerprint density at radius 2 is 1.80 bits per heavy atom. The minimum atomic E-state index is -0.291. The van der Waals surface area contributed by atoms with Gasteiger partial charge in [0.15, 0.2) is 5.13 Å². The molecule has 0 saturated carbocycles. The van der Waals surface area contributed by atoms with E-state index >= 15 is 0 Å². The molecule has 6 nitrogen and oxygen atoms in total. The molecular formula is C23H23N3O3S. The highest BCUT2D eigenvalue weighted by Gasteiger charge is 2.34. The van der Waals surface area contributed by atoms with E-state index in [0.717, 1.165) is 29.5 Å². The fraction of sp³-hybridized carbons (Fsp3) is 0.304. The Hall–Kier alpha value is -3.06. The molecule has 3 amide bonds. The zero-order valence-corrected chi connectivity index (χ0v) is 17.6. The minimum absolute atomic E-state index is 0.170. The lowest BCUT2D eigenvalue weighted by atomic mass is 10.1. The number of thiazole rings is 1. The van der Waals surface area contributed by atoms with E-state index in [1.807, 2.05) is 6.07 Å². The summed E-state index contributed by atoms with van der Waals surface area (Å²) in [7, 11) is 0. The van der Waals surface area contributed by atoms with Crippen LogP contribution in [-0.4, -0.2) is 34.2 Å². The van der Waals surface area contributed by atoms with Crippen molar-refractivity contribution in [2.24, 2.45) is 0 Å². The monoisotopic (exact) mass is 421 g/mol. The van der Waals surface area contributed by atoms with E-state index < -0.39 is 0 Å². The van der Waals surface area contributed by atoms with Crippen LogP contribution < -0.4 is 5.32 Å². The molecule has 4 rings (SSSR count). The Kier molecular flexibility index (Phi) is 5.90. The number of nitrogens with one attached hydrogen (secondary N) is 1. The fourth-order valence-corrected chi connectivity index (χ4v) is 4.53. The van der Waals surface area contributed by atoms with E-state index in [-0.39, 0.29) is 30.7 Å². The molecule has 3 aromatic rings. The van der Waals surface area contributed by atoms with Gasteiger partial charge in [0.05, 0.1) is 21.3 Å². The van der Waals surface area contributed by atoms with Crippen molar-refractivity contribution in [3.8, 4) is 0 Å². The SMILES string of the molecule is CCCCc1ccc2nc(NC(=O)CCCN3C(=O)c4ccccc4C3=O)sc2c1. The first-order chi connectivity index (χ1) is 14.6. The standard InChI is InChI=1S/C23H23N3O3S/c1-2-3-7-15-11-12-18-19(14-15)30-23(24-18)25-20(27)10-6-13-26-21(28)16-8-4-5-9-17(16)22(26)29/h4-5,8-9,11-12,14H,2-3,6-7,10,13H2,1H3,(H,24,25,27). The van der Waals surface area contributed by atoms with Crippen LogP contribution in [0.2, 0.25) is 0 Å². The third kappa shape index (κ3) is 4.11. The number of aromatic nitrogens is 1. The van der Waals surface area contributed by atoms with E-state index in [4.69, 9.17) is 0 Å². The number of aryl methyl sites for hydroxylation is 1. The summed E-state index contributed by atoms with van der Waals surface area (Å²) < 4.78 is 1.06. The fourth-order valence-electron chi connectivity index (χ4n) is 3.58. The molecule has 0 radical (unpaired) electrons. The summed E-state index contributed by atoms with van der Waals surface area (Å²) in [4.78, 5) is 42.7. The molecule has 0 spiro atoms. The zero-order valence-electron chi connectivity index (χ0n) is 16.8.